The summed E-state index contributed by atoms with van der Waals surface area (Å²) in [6.45, 7) is 1.01. The minimum atomic E-state index is -0.893. The van der Waals surface area contributed by atoms with Gasteiger partial charge in [0.15, 0.2) is 0 Å². The molecule has 0 aliphatic carbocycles. The molecule has 0 unspecified atom stereocenters. The lowest BCUT2D eigenvalue weighted by Crippen LogP contribution is -2.13. The van der Waals surface area contributed by atoms with Crippen LogP contribution in [0.3, 0.4) is 0 Å². The third-order valence-corrected chi connectivity index (χ3v) is 3.54. The summed E-state index contributed by atoms with van der Waals surface area (Å²) in [5.74, 6) is -0.125. The Balaban J connectivity index is 2.10. The lowest BCUT2D eigenvalue weighted by atomic mass is 10.1. The molecule has 2 aromatic rings. The SMILES string of the molecule is COc1ccc(-n2cc(C(=O)O)c3c2COCC3)cc1. The molecule has 20 heavy (non-hydrogen) atoms. The van der Waals surface area contributed by atoms with Crippen molar-refractivity contribution in [1.82, 2.24) is 4.57 Å². The normalized spacial score (nSPS) is 13.8. The van der Waals surface area contributed by atoms with Crippen LogP contribution in [0.25, 0.3) is 5.69 Å². The molecule has 104 valence electrons. The van der Waals surface area contributed by atoms with Gasteiger partial charge in [0.2, 0.25) is 0 Å². The van der Waals surface area contributed by atoms with Crippen LogP contribution in [0, 0.1) is 0 Å². The lowest BCUT2D eigenvalue weighted by Gasteiger charge is -2.16. The minimum Gasteiger partial charge on any atom is -0.497 e. The molecule has 2 heterocycles. The fraction of sp³-hybridized carbons (Fsp3) is 0.267. The highest BCUT2D eigenvalue weighted by Gasteiger charge is 2.23. The van der Waals surface area contributed by atoms with E-state index in [1.165, 1.54) is 0 Å². The van der Waals surface area contributed by atoms with Crippen LogP contribution in [-0.2, 0) is 17.8 Å². The molecule has 1 N–H and O–H groups in total. The number of aromatic carboxylic acids is 1. The van der Waals surface area contributed by atoms with Crippen LogP contribution in [0.4, 0.5) is 0 Å². The number of fused-ring (bicyclic) bond motifs is 1. The first-order valence-corrected chi connectivity index (χ1v) is 6.39. The lowest BCUT2D eigenvalue weighted by molar-refractivity contribution is 0.0692. The quantitative estimate of drug-likeness (QED) is 0.931. The molecule has 3 rings (SSSR count). The van der Waals surface area contributed by atoms with Crippen molar-refractivity contribution in [1.29, 1.82) is 0 Å². The van der Waals surface area contributed by atoms with Crippen LogP contribution >= 0.6 is 0 Å². The van der Waals surface area contributed by atoms with Gasteiger partial charge in [-0.15, -0.1) is 0 Å². The van der Waals surface area contributed by atoms with Crippen molar-refractivity contribution in [2.24, 2.45) is 0 Å². The van der Waals surface area contributed by atoms with Gasteiger partial charge in [-0.25, -0.2) is 4.79 Å². The summed E-state index contributed by atoms with van der Waals surface area (Å²) in [7, 11) is 1.61. The molecule has 5 nitrogen and oxygen atoms in total. The molecule has 1 aromatic carbocycles. The van der Waals surface area contributed by atoms with E-state index in [0.717, 1.165) is 22.7 Å². The summed E-state index contributed by atoms with van der Waals surface area (Å²) in [6.07, 6.45) is 2.31. The van der Waals surface area contributed by atoms with Crippen molar-refractivity contribution in [3.63, 3.8) is 0 Å². The third-order valence-electron chi connectivity index (χ3n) is 3.54. The van der Waals surface area contributed by atoms with Gasteiger partial charge in [0, 0.05) is 11.9 Å². The number of carboxylic acids is 1. The van der Waals surface area contributed by atoms with Crippen LogP contribution in [0.15, 0.2) is 30.5 Å². The van der Waals surface area contributed by atoms with Gasteiger partial charge >= 0.3 is 5.97 Å². The van der Waals surface area contributed by atoms with Gasteiger partial charge in [0.25, 0.3) is 0 Å². The van der Waals surface area contributed by atoms with Crippen LogP contribution in [0.2, 0.25) is 0 Å². The molecule has 0 bridgehead atoms. The van der Waals surface area contributed by atoms with E-state index >= 15 is 0 Å². The summed E-state index contributed by atoms with van der Waals surface area (Å²) in [4.78, 5) is 11.3. The number of carbonyl (C=O) groups is 1. The number of hydrogen-bond acceptors (Lipinski definition) is 3. The zero-order chi connectivity index (χ0) is 14.1. The number of rotatable bonds is 3. The van der Waals surface area contributed by atoms with Crippen LogP contribution < -0.4 is 4.74 Å². The van der Waals surface area contributed by atoms with Gasteiger partial charge < -0.3 is 19.1 Å². The molecular formula is C15H15NO4. The number of methoxy groups -OCH3 is 1. The van der Waals surface area contributed by atoms with Crippen molar-refractivity contribution >= 4 is 5.97 Å². The average molecular weight is 273 g/mol. The molecule has 0 spiro atoms. The van der Waals surface area contributed by atoms with Gasteiger partial charge in [0.05, 0.1) is 31.6 Å². The van der Waals surface area contributed by atoms with Crippen LogP contribution in [0.5, 0.6) is 5.75 Å². The number of benzene rings is 1. The standard InChI is InChI=1S/C15H15NO4/c1-19-11-4-2-10(3-5-11)16-8-13(15(17)18)12-6-7-20-9-14(12)16/h2-5,8H,6-7,9H2,1H3,(H,17,18). The molecule has 0 fully saturated rings. The highest BCUT2D eigenvalue weighted by molar-refractivity contribution is 5.90. The van der Waals surface area contributed by atoms with Crippen molar-refractivity contribution in [3.05, 3.63) is 47.3 Å². The topological polar surface area (TPSA) is 60.7 Å². The van der Waals surface area contributed by atoms with E-state index in [1.807, 2.05) is 28.8 Å². The van der Waals surface area contributed by atoms with E-state index in [4.69, 9.17) is 9.47 Å². The van der Waals surface area contributed by atoms with Crippen molar-refractivity contribution < 1.29 is 19.4 Å². The maximum Gasteiger partial charge on any atom is 0.337 e. The van der Waals surface area contributed by atoms with Gasteiger partial charge in [-0.1, -0.05) is 0 Å². The molecule has 1 aromatic heterocycles. The first-order chi connectivity index (χ1) is 9.70. The highest BCUT2D eigenvalue weighted by Crippen LogP contribution is 2.27. The average Bonchev–Trinajstić information content (AvgIpc) is 2.87. The van der Waals surface area contributed by atoms with Crippen molar-refractivity contribution in [2.45, 2.75) is 13.0 Å². The Morgan fingerprint density at radius 2 is 2.10 bits per heavy atom. The van der Waals surface area contributed by atoms with E-state index in [2.05, 4.69) is 0 Å². The van der Waals surface area contributed by atoms with E-state index in [-0.39, 0.29) is 0 Å². The smallest absolute Gasteiger partial charge is 0.337 e. The second-order valence-corrected chi connectivity index (χ2v) is 4.64. The molecule has 1 aliphatic heterocycles. The Hall–Kier alpha value is -2.27. The Morgan fingerprint density at radius 3 is 2.75 bits per heavy atom. The van der Waals surface area contributed by atoms with Gasteiger partial charge in [0.1, 0.15) is 5.75 Å². The minimum absolute atomic E-state index is 0.360. The van der Waals surface area contributed by atoms with Gasteiger partial charge in [-0.05, 0) is 36.2 Å². The summed E-state index contributed by atoms with van der Waals surface area (Å²) >= 11 is 0. The highest BCUT2D eigenvalue weighted by atomic mass is 16.5. The Morgan fingerprint density at radius 1 is 1.35 bits per heavy atom. The van der Waals surface area contributed by atoms with Crippen molar-refractivity contribution in [2.75, 3.05) is 13.7 Å². The van der Waals surface area contributed by atoms with Crippen molar-refractivity contribution in [3.8, 4) is 11.4 Å². The predicted octanol–water partition coefficient (Wildman–Crippen LogP) is 2.26. The number of carboxylic acid groups (broad SMARTS) is 1. The molecular weight excluding hydrogens is 258 g/mol. The fourth-order valence-corrected chi connectivity index (χ4v) is 2.52. The third kappa shape index (κ3) is 2.06. The van der Waals surface area contributed by atoms with E-state index < -0.39 is 5.97 Å². The summed E-state index contributed by atoms with van der Waals surface area (Å²) in [5, 5.41) is 9.31. The zero-order valence-corrected chi connectivity index (χ0v) is 11.1. The Bertz CT molecular complexity index is 643. The number of ether oxygens (including phenoxy) is 2. The monoisotopic (exact) mass is 273 g/mol. The molecule has 0 saturated heterocycles. The number of aromatic nitrogens is 1. The fourth-order valence-electron chi connectivity index (χ4n) is 2.52. The molecule has 0 amide bonds. The summed E-state index contributed by atoms with van der Waals surface area (Å²) in [5.41, 5.74) is 3.05. The second kappa shape index (κ2) is 5.02. The maximum absolute atomic E-state index is 11.3. The number of hydrogen-bond donors (Lipinski definition) is 1. The molecule has 0 saturated carbocycles. The summed E-state index contributed by atoms with van der Waals surface area (Å²) < 4.78 is 12.5. The molecule has 5 heteroatoms. The largest absolute Gasteiger partial charge is 0.497 e. The van der Waals surface area contributed by atoms with Crippen LogP contribution in [0.1, 0.15) is 21.6 Å². The van der Waals surface area contributed by atoms with Crippen LogP contribution in [-0.4, -0.2) is 29.4 Å². The van der Waals surface area contributed by atoms with Gasteiger partial charge in [-0.3, -0.25) is 0 Å². The Labute approximate surface area is 116 Å². The maximum atomic E-state index is 11.3. The summed E-state index contributed by atoms with van der Waals surface area (Å²) in [6, 6.07) is 7.51. The predicted molar refractivity (Wildman–Crippen MR) is 72.6 cm³/mol. The first-order valence-electron chi connectivity index (χ1n) is 6.39. The van der Waals surface area contributed by atoms with Gasteiger partial charge in [-0.2, -0.15) is 0 Å². The van der Waals surface area contributed by atoms with E-state index in [0.29, 0.717) is 25.2 Å². The zero-order valence-electron chi connectivity index (χ0n) is 11.1. The van der Waals surface area contributed by atoms with E-state index in [9.17, 15) is 9.90 Å². The Kier molecular flexibility index (Phi) is 3.20. The van der Waals surface area contributed by atoms with E-state index in [1.54, 1.807) is 13.3 Å². The second-order valence-electron chi connectivity index (χ2n) is 4.64. The first kappa shape index (κ1) is 12.7. The molecule has 0 radical (unpaired) electrons. The molecule has 1 aliphatic rings. The number of nitrogens with zero attached hydrogens (tertiary/aromatic N) is 1. The molecule has 0 atom stereocenters.